The molecule has 1 fully saturated rings. The van der Waals surface area contributed by atoms with Crippen molar-refractivity contribution < 1.29 is 9.59 Å². The lowest BCUT2D eigenvalue weighted by molar-refractivity contribution is -0.151. The second-order valence-electron chi connectivity index (χ2n) is 5.61. The Kier molecular flexibility index (Phi) is 4.48. The molecule has 0 spiro atoms. The normalized spacial score (nSPS) is 23.4. The monoisotopic (exact) mass is 294 g/mol. The van der Waals surface area contributed by atoms with Crippen LogP contribution in [0.1, 0.15) is 38.1 Å². The number of amides is 2. The molecule has 1 aromatic rings. The van der Waals surface area contributed by atoms with Crippen LogP contribution in [-0.2, 0) is 22.6 Å². The predicted molar refractivity (Wildman–Crippen MR) is 80.5 cm³/mol. The average molecular weight is 294 g/mol. The first-order valence-electron chi connectivity index (χ1n) is 7.11. The molecule has 5 heteroatoms. The van der Waals surface area contributed by atoms with Crippen LogP contribution in [0.25, 0.3) is 0 Å². The van der Waals surface area contributed by atoms with E-state index >= 15 is 0 Å². The Morgan fingerprint density at radius 2 is 2.10 bits per heavy atom. The summed E-state index contributed by atoms with van der Waals surface area (Å²) in [7, 11) is 0. The van der Waals surface area contributed by atoms with Gasteiger partial charge in [-0.15, -0.1) is 11.3 Å². The second kappa shape index (κ2) is 5.95. The van der Waals surface area contributed by atoms with Crippen LogP contribution in [0, 0.1) is 5.92 Å². The van der Waals surface area contributed by atoms with Gasteiger partial charge in [0.15, 0.2) is 0 Å². The molecule has 0 aliphatic carbocycles. The van der Waals surface area contributed by atoms with Crippen molar-refractivity contribution in [3.05, 3.63) is 21.9 Å². The van der Waals surface area contributed by atoms with Crippen LogP contribution < -0.4 is 5.32 Å². The van der Waals surface area contributed by atoms with Crippen molar-refractivity contribution in [1.82, 2.24) is 10.2 Å². The highest BCUT2D eigenvalue weighted by Crippen LogP contribution is 2.25. The van der Waals surface area contributed by atoms with Crippen molar-refractivity contribution in [3.63, 3.8) is 0 Å². The molecule has 20 heavy (non-hydrogen) atoms. The molecular formula is C15H22N2O2S. The Balaban J connectivity index is 2.29. The van der Waals surface area contributed by atoms with Crippen molar-refractivity contribution in [2.75, 3.05) is 0 Å². The Morgan fingerprint density at radius 3 is 2.70 bits per heavy atom. The smallest absolute Gasteiger partial charge is 0.245 e. The zero-order chi connectivity index (χ0) is 14.9. The van der Waals surface area contributed by atoms with E-state index in [1.54, 1.807) is 23.2 Å². The van der Waals surface area contributed by atoms with Gasteiger partial charge in [-0.2, -0.15) is 0 Å². The summed E-state index contributed by atoms with van der Waals surface area (Å²) in [5.74, 6) is 0.0805. The molecule has 2 rings (SSSR count). The molecule has 0 saturated carbocycles. The van der Waals surface area contributed by atoms with Crippen molar-refractivity contribution in [3.8, 4) is 0 Å². The summed E-state index contributed by atoms with van der Waals surface area (Å²) in [6.45, 7) is 8.36. The summed E-state index contributed by atoms with van der Waals surface area (Å²) < 4.78 is 0. The number of carbonyl (C=O) groups excluding carboxylic acids is 2. The number of aryl methyl sites for hydroxylation is 1. The van der Waals surface area contributed by atoms with E-state index in [9.17, 15) is 9.59 Å². The van der Waals surface area contributed by atoms with E-state index in [1.165, 1.54) is 10.4 Å². The van der Waals surface area contributed by atoms with Gasteiger partial charge in [0, 0.05) is 4.88 Å². The molecule has 1 aliphatic heterocycles. The van der Waals surface area contributed by atoms with Crippen molar-refractivity contribution >= 4 is 23.2 Å². The first-order valence-corrected chi connectivity index (χ1v) is 7.99. The first kappa shape index (κ1) is 15.0. The second-order valence-corrected chi connectivity index (χ2v) is 6.61. The quantitative estimate of drug-likeness (QED) is 0.925. The molecule has 2 atom stereocenters. The van der Waals surface area contributed by atoms with Crippen molar-refractivity contribution in [2.45, 2.75) is 52.7 Å². The average Bonchev–Trinajstić information content (AvgIpc) is 2.82. The topological polar surface area (TPSA) is 49.4 Å². The fourth-order valence-corrected chi connectivity index (χ4v) is 3.68. The Hall–Kier alpha value is -1.36. The van der Waals surface area contributed by atoms with E-state index < -0.39 is 6.04 Å². The predicted octanol–water partition coefficient (Wildman–Crippen LogP) is 2.18. The number of nitrogens with zero attached hydrogens (tertiary/aromatic N) is 1. The Labute approximate surface area is 124 Å². The van der Waals surface area contributed by atoms with Gasteiger partial charge < -0.3 is 10.2 Å². The minimum atomic E-state index is -0.428. The van der Waals surface area contributed by atoms with E-state index in [4.69, 9.17) is 0 Å². The molecule has 0 aromatic carbocycles. The number of rotatable bonds is 4. The van der Waals surface area contributed by atoms with Gasteiger partial charge in [-0.25, -0.2) is 0 Å². The number of hydrogen-bond donors (Lipinski definition) is 1. The maximum Gasteiger partial charge on any atom is 0.245 e. The molecule has 2 heterocycles. The van der Waals surface area contributed by atoms with E-state index in [1.807, 2.05) is 13.8 Å². The minimum absolute atomic E-state index is 0.0127. The molecule has 1 aliphatic rings. The molecule has 1 saturated heterocycles. The molecule has 2 unspecified atom stereocenters. The van der Waals surface area contributed by atoms with Crippen LogP contribution in [0.5, 0.6) is 0 Å². The van der Waals surface area contributed by atoms with E-state index in [0.717, 1.165) is 6.42 Å². The lowest BCUT2D eigenvalue weighted by atomic mass is 9.97. The van der Waals surface area contributed by atoms with Crippen LogP contribution in [0.4, 0.5) is 0 Å². The van der Waals surface area contributed by atoms with Crippen LogP contribution in [-0.4, -0.2) is 28.8 Å². The highest BCUT2D eigenvalue weighted by Gasteiger charge is 2.40. The van der Waals surface area contributed by atoms with Gasteiger partial charge in [0.2, 0.25) is 11.8 Å². The third-order valence-electron chi connectivity index (χ3n) is 3.78. The standard InChI is InChI=1S/C15H22N2O2S/c1-5-11-6-7-20-12(11)8-17-13(9(2)3)14(18)16-10(4)15(17)19/h6-7,9-10,13H,5,8H2,1-4H3,(H,16,18). The Bertz CT molecular complexity index is 510. The number of nitrogens with one attached hydrogen (secondary N) is 1. The minimum Gasteiger partial charge on any atom is -0.343 e. The summed E-state index contributed by atoms with van der Waals surface area (Å²) in [4.78, 5) is 27.5. The molecule has 2 amide bonds. The van der Waals surface area contributed by atoms with Crippen LogP contribution >= 0.6 is 11.3 Å². The first-order chi connectivity index (χ1) is 9.45. The number of carbonyl (C=O) groups is 2. The summed E-state index contributed by atoms with van der Waals surface area (Å²) in [5, 5.41) is 4.82. The summed E-state index contributed by atoms with van der Waals surface area (Å²) >= 11 is 1.66. The maximum absolute atomic E-state index is 12.4. The van der Waals surface area contributed by atoms with Crippen LogP contribution in [0.15, 0.2) is 11.4 Å². The van der Waals surface area contributed by atoms with Gasteiger partial charge in [0.25, 0.3) is 0 Å². The fourth-order valence-electron chi connectivity index (χ4n) is 2.70. The van der Waals surface area contributed by atoms with Crippen molar-refractivity contribution in [1.29, 1.82) is 0 Å². The highest BCUT2D eigenvalue weighted by atomic mass is 32.1. The summed E-state index contributed by atoms with van der Waals surface area (Å²) in [5.41, 5.74) is 1.27. The highest BCUT2D eigenvalue weighted by molar-refractivity contribution is 7.10. The van der Waals surface area contributed by atoms with Gasteiger partial charge in [0.1, 0.15) is 12.1 Å². The molecule has 1 aromatic heterocycles. The molecule has 110 valence electrons. The van der Waals surface area contributed by atoms with Gasteiger partial charge in [-0.3, -0.25) is 9.59 Å². The van der Waals surface area contributed by atoms with Gasteiger partial charge in [-0.05, 0) is 36.3 Å². The largest absolute Gasteiger partial charge is 0.343 e. The number of piperazine rings is 1. The maximum atomic E-state index is 12.4. The number of hydrogen-bond acceptors (Lipinski definition) is 3. The van der Waals surface area contributed by atoms with Gasteiger partial charge in [-0.1, -0.05) is 20.8 Å². The van der Waals surface area contributed by atoms with Gasteiger partial charge >= 0.3 is 0 Å². The lowest BCUT2D eigenvalue weighted by Crippen LogP contribution is -2.63. The number of thiophene rings is 1. The fraction of sp³-hybridized carbons (Fsp3) is 0.600. The summed E-state index contributed by atoms with van der Waals surface area (Å²) in [6, 6.07) is 1.30. The molecular weight excluding hydrogens is 272 g/mol. The van der Waals surface area contributed by atoms with Crippen molar-refractivity contribution in [2.24, 2.45) is 5.92 Å². The Morgan fingerprint density at radius 1 is 1.40 bits per heavy atom. The van der Waals surface area contributed by atoms with E-state index in [0.29, 0.717) is 6.54 Å². The van der Waals surface area contributed by atoms with E-state index in [-0.39, 0.29) is 23.8 Å². The lowest BCUT2D eigenvalue weighted by Gasteiger charge is -2.39. The van der Waals surface area contributed by atoms with Crippen LogP contribution in [0.2, 0.25) is 0 Å². The SMILES string of the molecule is CCc1ccsc1CN1C(=O)C(C)NC(=O)C1C(C)C. The third kappa shape index (κ3) is 2.73. The third-order valence-corrected chi connectivity index (χ3v) is 4.73. The van der Waals surface area contributed by atoms with E-state index in [2.05, 4.69) is 23.7 Å². The molecule has 4 nitrogen and oxygen atoms in total. The zero-order valence-corrected chi connectivity index (χ0v) is 13.3. The van der Waals surface area contributed by atoms with Crippen LogP contribution in [0.3, 0.4) is 0 Å². The molecule has 0 bridgehead atoms. The van der Waals surface area contributed by atoms with Gasteiger partial charge in [0.05, 0.1) is 6.54 Å². The summed E-state index contributed by atoms with van der Waals surface area (Å²) in [6.07, 6.45) is 0.953. The molecule has 0 radical (unpaired) electrons. The molecule has 1 N–H and O–H groups in total. The zero-order valence-electron chi connectivity index (χ0n) is 12.5.